The van der Waals surface area contributed by atoms with Crippen LogP contribution in [0, 0.1) is 20.8 Å². The minimum absolute atomic E-state index is 0.143. The van der Waals surface area contributed by atoms with E-state index in [4.69, 9.17) is 0 Å². The third-order valence-electron chi connectivity index (χ3n) is 4.84. The van der Waals surface area contributed by atoms with Gasteiger partial charge in [0.25, 0.3) is 5.91 Å². The summed E-state index contributed by atoms with van der Waals surface area (Å²) < 4.78 is 0. The van der Waals surface area contributed by atoms with Crippen molar-refractivity contribution in [1.29, 1.82) is 0 Å². The van der Waals surface area contributed by atoms with Crippen LogP contribution in [0.15, 0.2) is 18.2 Å². The molecule has 0 radical (unpaired) electrons. The number of hydrogen-bond donors (Lipinski definition) is 2. The van der Waals surface area contributed by atoms with Gasteiger partial charge in [-0.3, -0.25) is 14.6 Å². The number of rotatable bonds is 3. The van der Waals surface area contributed by atoms with E-state index in [0.29, 0.717) is 18.7 Å². The first-order valence-corrected chi connectivity index (χ1v) is 8.51. The Labute approximate surface area is 146 Å². The Morgan fingerprint density at radius 2 is 2.12 bits per heavy atom. The summed E-state index contributed by atoms with van der Waals surface area (Å²) in [7, 11) is 0. The van der Waals surface area contributed by atoms with Gasteiger partial charge in [0.2, 0.25) is 5.91 Å². The zero-order valence-corrected chi connectivity index (χ0v) is 14.8. The molecule has 0 unspecified atom stereocenters. The van der Waals surface area contributed by atoms with Gasteiger partial charge in [0.15, 0.2) is 0 Å². The average molecular weight is 341 g/mol. The molecule has 2 aromatic rings. The van der Waals surface area contributed by atoms with Gasteiger partial charge in [-0.1, -0.05) is 11.6 Å². The van der Waals surface area contributed by atoms with Crippen molar-refractivity contribution in [2.24, 2.45) is 0 Å². The molecular formula is C19H23N3O3. The van der Waals surface area contributed by atoms with Crippen LogP contribution in [0.2, 0.25) is 0 Å². The van der Waals surface area contributed by atoms with Crippen molar-refractivity contribution in [3.63, 3.8) is 0 Å². The molecule has 0 aliphatic carbocycles. The molecule has 0 saturated carbocycles. The topological polar surface area (TPSA) is 82.5 Å². The van der Waals surface area contributed by atoms with Crippen LogP contribution in [0.4, 0.5) is 0 Å². The minimum atomic E-state index is -0.640. The van der Waals surface area contributed by atoms with Crippen LogP contribution in [0.1, 0.15) is 33.6 Å². The molecule has 2 N–H and O–H groups in total. The molecule has 1 aromatic carbocycles. The van der Waals surface area contributed by atoms with Crippen molar-refractivity contribution in [2.45, 2.75) is 33.2 Å². The van der Waals surface area contributed by atoms with Crippen molar-refractivity contribution in [3.05, 3.63) is 40.6 Å². The normalized spacial score (nSPS) is 17.7. The van der Waals surface area contributed by atoms with Gasteiger partial charge in [0.05, 0.1) is 11.1 Å². The Hall–Kier alpha value is -2.47. The molecule has 0 bridgehead atoms. The molecule has 0 spiro atoms. The molecule has 1 aliphatic rings. The summed E-state index contributed by atoms with van der Waals surface area (Å²) >= 11 is 0. The van der Waals surface area contributed by atoms with Crippen LogP contribution in [0.25, 0.3) is 10.9 Å². The number of piperazine rings is 1. The summed E-state index contributed by atoms with van der Waals surface area (Å²) in [5, 5.41) is 12.9. The van der Waals surface area contributed by atoms with Crippen molar-refractivity contribution in [3.8, 4) is 0 Å². The zero-order valence-electron chi connectivity index (χ0n) is 14.8. The zero-order chi connectivity index (χ0) is 18.1. The molecule has 1 fully saturated rings. The number of nitrogens with zero attached hydrogens (tertiary/aromatic N) is 2. The van der Waals surface area contributed by atoms with Gasteiger partial charge in [0.1, 0.15) is 6.04 Å². The maximum Gasteiger partial charge on any atom is 0.255 e. The first-order valence-electron chi connectivity index (χ1n) is 8.51. The highest BCUT2D eigenvalue weighted by atomic mass is 16.3. The maximum absolute atomic E-state index is 13.4. The molecule has 1 atom stereocenters. The molecule has 6 nitrogen and oxygen atoms in total. The molecule has 3 rings (SSSR count). The number of hydrogen-bond acceptors (Lipinski definition) is 4. The number of benzene rings is 1. The fraction of sp³-hybridized carbons (Fsp3) is 0.421. The van der Waals surface area contributed by atoms with E-state index in [0.717, 1.165) is 27.7 Å². The first kappa shape index (κ1) is 17.4. The fourth-order valence-electron chi connectivity index (χ4n) is 3.38. The van der Waals surface area contributed by atoms with Crippen LogP contribution >= 0.6 is 0 Å². The molecule has 1 aromatic heterocycles. The van der Waals surface area contributed by atoms with Gasteiger partial charge >= 0.3 is 0 Å². The van der Waals surface area contributed by atoms with E-state index in [1.54, 1.807) is 4.90 Å². The first-order chi connectivity index (χ1) is 11.9. The van der Waals surface area contributed by atoms with Crippen LogP contribution in [0.3, 0.4) is 0 Å². The third-order valence-corrected chi connectivity index (χ3v) is 4.84. The Balaban J connectivity index is 2.14. The number of aliphatic hydroxyl groups is 1. The van der Waals surface area contributed by atoms with Gasteiger partial charge in [-0.2, -0.15) is 0 Å². The lowest BCUT2D eigenvalue weighted by Crippen LogP contribution is -2.57. The van der Waals surface area contributed by atoms with E-state index in [-0.39, 0.29) is 24.8 Å². The summed E-state index contributed by atoms with van der Waals surface area (Å²) in [6, 6.07) is 5.22. The Morgan fingerprint density at radius 3 is 2.84 bits per heavy atom. The summed E-state index contributed by atoms with van der Waals surface area (Å²) in [5.41, 5.74) is 4.06. The molecule has 2 heterocycles. The maximum atomic E-state index is 13.4. The van der Waals surface area contributed by atoms with Crippen molar-refractivity contribution in [2.75, 3.05) is 19.7 Å². The van der Waals surface area contributed by atoms with E-state index in [2.05, 4.69) is 10.3 Å². The Morgan fingerprint density at radius 1 is 1.36 bits per heavy atom. The lowest BCUT2D eigenvalue weighted by Gasteiger charge is -2.35. The standard InChI is InChI=1S/C19H23N3O3/c1-11-4-5-15-14(10-11)17(12(2)13(3)21-15)19(25)22-8-7-20-18(24)16(22)6-9-23/h4-5,10,16,23H,6-9H2,1-3H3,(H,20,24)/t16-/m0/s1. The lowest BCUT2D eigenvalue weighted by molar-refractivity contribution is -0.128. The molecule has 1 aliphatic heterocycles. The lowest BCUT2D eigenvalue weighted by atomic mass is 9.97. The van der Waals surface area contributed by atoms with E-state index in [1.807, 2.05) is 39.0 Å². The largest absolute Gasteiger partial charge is 0.396 e. The smallest absolute Gasteiger partial charge is 0.255 e. The van der Waals surface area contributed by atoms with Gasteiger partial charge in [-0.05, 0) is 44.9 Å². The van der Waals surface area contributed by atoms with Gasteiger partial charge in [0, 0.05) is 30.8 Å². The predicted octanol–water partition coefficient (Wildman–Crippen LogP) is 1.48. The number of carbonyl (C=O) groups is 2. The number of aliphatic hydroxyl groups excluding tert-OH is 1. The van der Waals surface area contributed by atoms with E-state index >= 15 is 0 Å². The molecule has 132 valence electrons. The fourth-order valence-corrected chi connectivity index (χ4v) is 3.38. The third kappa shape index (κ3) is 3.09. The second-order valence-corrected chi connectivity index (χ2v) is 6.54. The van der Waals surface area contributed by atoms with E-state index in [9.17, 15) is 14.7 Å². The number of carbonyl (C=O) groups excluding carboxylic acids is 2. The number of fused-ring (bicyclic) bond motifs is 1. The molecular weight excluding hydrogens is 318 g/mol. The minimum Gasteiger partial charge on any atom is -0.396 e. The van der Waals surface area contributed by atoms with Crippen LogP contribution in [-0.4, -0.2) is 52.5 Å². The number of nitrogens with one attached hydrogen (secondary N) is 1. The monoisotopic (exact) mass is 341 g/mol. The number of aromatic nitrogens is 1. The van der Waals surface area contributed by atoms with Crippen LogP contribution < -0.4 is 5.32 Å². The van der Waals surface area contributed by atoms with Gasteiger partial charge < -0.3 is 15.3 Å². The van der Waals surface area contributed by atoms with E-state index < -0.39 is 6.04 Å². The Kier molecular flexibility index (Phi) is 4.72. The van der Waals surface area contributed by atoms with Gasteiger partial charge in [-0.25, -0.2) is 0 Å². The van der Waals surface area contributed by atoms with Crippen molar-refractivity contribution < 1.29 is 14.7 Å². The number of pyridine rings is 1. The average Bonchev–Trinajstić information content (AvgIpc) is 2.58. The second-order valence-electron chi connectivity index (χ2n) is 6.54. The summed E-state index contributed by atoms with van der Waals surface area (Å²) in [5.74, 6) is -0.385. The SMILES string of the molecule is Cc1ccc2nc(C)c(C)c(C(=O)N3CCNC(=O)[C@@H]3CCO)c2c1. The van der Waals surface area contributed by atoms with Crippen LogP contribution in [0.5, 0.6) is 0 Å². The predicted molar refractivity (Wildman–Crippen MR) is 95.5 cm³/mol. The van der Waals surface area contributed by atoms with Crippen molar-refractivity contribution in [1.82, 2.24) is 15.2 Å². The number of amides is 2. The summed E-state index contributed by atoms with van der Waals surface area (Å²) in [6.45, 7) is 6.47. The van der Waals surface area contributed by atoms with Crippen molar-refractivity contribution >= 4 is 22.7 Å². The highest BCUT2D eigenvalue weighted by Gasteiger charge is 2.34. The van der Waals surface area contributed by atoms with Crippen LogP contribution in [-0.2, 0) is 4.79 Å². The molecule has 25 heavy (non-hydrogen) atoms. The molecule has 2 amide bonds. The number of aryl methyl sites for hydroxylation is 2. The summed E-state index contributed by atoms with van der Waals surface area (Å²) in [6.07, 6.45) is 0.234. The second kappa shape index (κ2) is 6.80. The van der Waals surface area contributed by atoms with Gasteiger partial charge in [-0.15, -0.1) is 0 Å². The Bertz CT molecular complexity index is 847. The summed E-state index contributed by atoms with van der Waals surface area (Å²) in [4.78, 5) is 31.7. The van der Waals surface area contributed by atoms with E-state index in [1.165, 1.54) is 0 Å². The highest BCUT2D eigenvalue weighted by molar-refractivity contribution is 6.09. The molecule has 6 heteroatoms. The highest BCUT2D eigenvalue weighted by Crippen LogP contribution is 2.26. The molecule has 1 saturated heterocycles. The quantitative estimate of drug-likeness (QED) is 0.886.